The molecule has 0 bridgehead atoms. The molecular formula is C22H25N3O2. The third kappa shape index (κ3) is 4.76. The topological polar surface area (TPSA) is 54.5 Å². The van der Waals surface area contributed by atoms with Gasteiger partial charge in [0, 0.05) is 25.0 Å². The van der Waals surface area contributed by atoms with E-state index in [4.69, 9.17) is 9.72 Å². The summed E-state index contributed by atoms with van der Waals surface area (Å²) in [6, 6.07) is 19.6. The second-order valence-corrected chi connectivity index (χ2v) is 6.22. The number of rotatable bonds is 8. The highest BCUT2D eigenvalue weighted by Gasteiger charge is 2.10. The summed E-state index contributed by atoms with van der Waals surface area (Å²) >= 11 is 0. The van der Waals surface area contributed by atoms with Gasteiger partial charge in [-0.05, 0) is 37.6 Å². The van der Waals surface area contributed by atoms with Crippen molar-refractivity contribution >= 4 is 22.6 Å². The molecule has 0 spiro atoms. The molecule has 1 heterocycles. The zero-order valence-corrected chi connectivity index (χ0v) is 15.8. The number of hydrogen-bond acceptors (Lipinski definition) is 4. The Labute approximate surface area is 160 Å². The fourth-order valence-corrected chi connectivity index (χ4v) is 2.94. The van der Waals surface area contributed by atoms with E-state index in [1.165, 1.54) is 0 Å². The molecule has 0 radical (unpaired) electrons. The van der Waals surface area contributed by atoms with Gasteiger partial charge in [0.15, 0.2) is 6.61 Å². The van der Waals surface area contributed by atoms with Crippen molar-refractivity contribution in [2.24, 2.45) is 0 Å². The van der Waals surface area contributed by atoms with Crippen LogP contribution in [0.3, 0.4) is 0 Å². The Kier molecular flexibility index (Phi) is 6.26. The molecule has 2 aromatic carbocycles. The Morgan fingerprint density at radius 3 is 2.52 bits per heavy atom. The van der Waals surface area contributed by atoms with E-state index in [9.17, 15) is 4.79 Å². The molecule has 140 valence electrons. The average Bonchev–Trinajstić information content (AvgIpc) is 2.72. The second kappa shape index (κ2) is 9.03. The smallest absolute Gasteiger partial charge is 0.258 e. The minimum atomic E-state index is -0.157. The lowest BCUT2D eigenvalue weighted by atomic mass is 10.2. The van der Waals surface area contributed by atoms with Crippen LogP contribution in [0.15, 0.2) is 60.7 Å². The van der Waals surface area contributed by atoms with Gasteiger partial charge in [-0.25, -0.2) is 4.98 Å². The van der Waals surface area contributed by atoms with Gasteiger partial charge in [-0.15, -0.1) is 0 Å². The Bertz CT molecular complexity index is 892. The van der Waals surface area contributed by atoms with Crippen molar-refractivity contribution in [3.05, 3.63) is 66.2 Å². The first kappa shape index (κ1) is 18.7. The number of amides is 1. The number of nitrogens with one attached hydrogen (secondary N) is 1. The van der Waals surface area contributed by atoms with E-state index < -0.39 is 0 Å². The first-order valence-electron chi connectivity index (χ1n) is 9.29. The molecule has 3 rings (SSSR count). The Balaban J connectivity index is 1.68. The number of ether oxygens (including phenoxy) is 1. The van der Waals surface area contributed by atoms with Crippen molar-refractivity contribution in [3.63, 3.8) is 0 Å². The van der Waals surface area contributed by atoms with Gasteiger partial charge in [0.1, 0.15) is 17.1 Å². The Hall–Kier alpha value is -3.08. The molecule has 1 N–H and O–H groups in total. The van der Waals surface area contributed by atoms with E-state index >= 15 is 0 Å². The van der Waals surface area contributed by atoms with Crippen LogP contribution < -0.4 is 15.0 Å². The van der Waals surface area contributed by atoms with Gasteiger partial charge in [-0.2, -0.15) is 0 Å². The largest absolute Gasteiger partial charge is 0.481 e. The lowest BCUT2D eigenvalue weighted by Gasteiger charge is -2.20. The molecule has 0 aliphatic rings. The summed E-state index contributed by atoms with van der Waals surface area (Å²) in [5, 5.41) is 3.87. The SMILES string of the molecule is CCN(CC)c1ccc2cccc(OCC(=O)NCc3ccccc3)c2n1. The molecule has 0 fully saturated rings. The number of aromatic nitrogens is 1. The molecule has 0 atom stereocenters. The van der Waals surface area contributed by atoms with Gasteiger partial charge in [0.05, 0.1) is 0 Å². The van der Waals surface area contributed by atoms with Crippen LogP contribution in [0.4, 0.5) is 5.82 Å². The number of benzene rings is 2. The standard InChI is InChI=1S/C22H25N3O2/c1-3-25(4-2)20-14-13-18-11-8-12-19(22(18)24-20)27-16-21(26)23-15-17-9-6-5-7-10-17/h5-14H,3-4,15-16H2,1-2H3,(H,23,26). The Morgan fingerprint density at radius 1 is 1.00 bits per heavy atom. The molecule has 27 heavy (non-hydrogen) atoms. The minimum absolute atomic E-state index is 0.0386. The molecule has 0 unspecified atom stereocenters. The zero-order valence-electron chi connectivity index (χ0n) is 15.8. The van der Waals surface area contributed by atoms with Crippen molar-refractivity contribution in [1.29, 1.82) is 0 Å². The number of anilines is 1. The summed E-state index contributed by atoms with van der Waals surface area (Å²) in [6.45, 7) is 6.44. The van der Waals surface area contributed by atoms with Gasteiger partial charge in [-0.1, -0.05) is 42.5 Å². The van der Waals surface area contributed by atoms with Crippen molar-refractivity contribution in [3.8, 4) is 5.75 Å². The van der Waals surface area contributed by atoms with Crippen molar-refractivity contribution < 1.29 is 9.53 Å². The van der Waals surface area contributed by atoms with Gasteiger partial charge in [-0.3, -0.25) is 4.79 Å². The number of carbonyl (C=O) groups is 1. The van der Waals surface area contributed by atoms with Crippen molar-refractivity contribution in [2.75, 3.05) is 24.6 Å². The molecule has 1 amide bonds. The van der Waals surface area contributed by atoms with Crippen LogP contribution in [0, 0.1) is 0 Å². The monoisotopic (exact) mass is 363 g/mol. The second-order valence-electron chi connectivity index (χ2n) is 6.22. The summed E-state index contributed by atoms with van der Waals surface area (Å²) in [5.74, 6) is 1.38. The van der Waals surface area contributed by atoms with Crippen LogP contribution in [-0.2, 0) is 11.3 Å². The van der Waals surface area contributed by atoms with E-state index in [0.29, 0.717) is 12.3 Å². The maximum atomic E-state index is 12.1. The van der Waals surface area contributed by atoms with Gasteiger partial charge in [0.25, 0.3) is 5.91 Å². The first-order chi connectivity index (χ1) is 13.2. The third-order valence-electron chi connectivity index (χ3n) is 4.45. The molecule has 0 saturated heterocycles. The highest BCUT2D eigenvalue weighted by Crippen LogP contribution is 2.26. The quantitative estimate of drug-likeness (QED) is 0.662. The molecular weight excluding hydrogens is 338 g/mol. The molecule has 1 aromatic heterocycles. The first-order valence-corrected chi connectivity index (χ1v) is 9.29. The number of pyridine rings is 1. The number of para-hydroxylation sites is 1. The fraction of sp³-hybridized carbons (Fsp3) is 0.273. The average molecular weight is 363 g/mol. The van der Waals surface area contributed by atoms with E-state index in [2.05, 4.69) is 24.1 Å². The van der Waals surface area contributed by atoms with E-state index in [0.717, 1.165) is 35.4 Å². The van der Waals surface area contributed by atoms with Crippen molar-refractivity contribution in [2.45, 2.75) is 20.4 Å². The van der Waals surface area contributed by atoms with Gasteiger partial charge in [0.2, 0.25) is 0 Å². The summed E-state index contributed by atoms with van der Waals surface area (Å²) in [7, 11) is 0. The zero-order chi connectivity index (χ0) is 19.1. The van der Waals surface area contributed by atoms with E-state index in [1.807, 2.05) is 60.7 Å². The van der Waals surface area contributed by atoms with Crippen LogP contribution >= 0.6 is 0 Å². The maximum Gasteiger partial charge on any atom is 0.258 e. The minimum Gasteiger partial charge on any atom is -0.481 e. The highest BCUT2D eigenvalue weighted by molar-refractivity contribution is 5.86. The van der Waals surface area contributed by atoms with Crippen LogP contribution in [0.5, 0.6) is 5.75 Å². The van der Waals surface area contributed by atoms with Crippen LogP contribution in [0.2, 0.25) is 0 Å². The lowest BCUT2D eigenvalue weighted by molar-refractivity contribution is -0.123. The van der Waals surface area contributed by atoms with Gasteiger partial charge < -0.3 is 15.0 Å². The van der Waals surface area contributed by atoms with E-state index in [1.54, 1.807) is 0 Å². The highest BCUT2D eigenvalue weighted by atomic mass is 16.5. The molecule has 0 saturated carbocycles. The Morgan fingerprint density at radius 2 is 1.78 bits per heavy atom. The fourth-order valence-electron chi connectivity index (χ4n) is 2.94. The number of carbonyl (C=O) groups excluding carboxylic acids is 1. The number of hydrogen-bond donors (Lipinski definition) is 1. The molecule has 5 heteroatoms. The summed E-state index contributed by atoms with van der Waals surface area (Å²) in [4.78, 5) is 19.1. The predicted octanol–water partition coefficient (Wildman–Crippen LogP) is 3.78. The summed E-state index contributed by atoms with van der Waals surface area (Å²) < 4.78 is 5.78. The van der Waals surface area contributed by atoms with Crippen molar-refractivity contribution in [1.82, 2.24) is 10.3 Å². The predicted molar refractivity (Wildman–Crippen MR) is 109 cm³/mol. The van der Waals surface area contributed by atoms with E-state index in [-0.39, 0.29) is 12.5 Å². The van der Waals surface area contributed by atoms with Crippen LogP contribution in [-0.4, -0.2) is 30.6 Å². The third-order valence-corrected chi connectivity index (χ3v) is 4.45. The van der Waals surface area contributed by atoms with Crippen LogP contribution in [0.1, 0.15) is 19.4 Å². The summed E-state index contributed by atoms with van der Waals surface area (Å²) in [5.41, 5.74) is 1.83. The molecule has 0 aliphatic carbocycles. The number of fused-ring (bicyclic) bond motifs is 1. The molecule has 3 aromatic rings. The number of nitrogens with zero attached hydrogens (tertiary/aromatic N) is 2. The molecule has 5 nitrogen and oxygen atoms in total. The van der Waals surface area contributed by atoms with Gasteiger partial charge >= 0.3 is 0 Å². The molecule has 0 aliphatic heterocycles. The summed E-state index contributed by atoms with van der Waals surface area (Å²) in [6.07, 6.45) is 0. The van der Waals surface area contributed by atoms with Crippen LogP contribution in [0.25, 0.3) is 10.9 Å². The lowest BCUT2D eigenvalue weighted by Crippen LogP contribution is -2.28. The maximum absolute atomic E-state index is 12.1. The normalized spacial score (nSPS) is 10.6.